The molecule has 1 aromatic heterocycles. The molecule has 0 N–H and O–H groups in total. The van der Waals surface area contributed by atoms with Crippen LogP contribution in [0.5, 0.6) is 11.5 Å². The molecule has 0 aliphatic carbocycles. The molecule has 1 heterocycles. The summed E-state index contributed by atoms with van der Waals surface area (Å²) >= 11 is 0. The molecule has 0 amide bonds. The second-order valence-corrected chi connectivity index (χ2v) is 7.00. The minimum Gasteiger partial charge on any atom is -0.497 e. The normalized spacial score (nSPS) is 11.0. The van der Waals surface area contributed by atoms with Crippen LogP contribution in [0.2, 0.25) is 0 Å². The summed E-state index contributed by atoms with van der Waals surface area (Å²) in [7, 11) is 1.66. The van der Waals surface area contributed by atoms with Crippen molar-refractivity contribution in [2.24, 2.45) is 0 Å². The van der Waals surface area contributed by atoms with Crippen molar-refractivity contribution >= 4 is 11.0 Å². The average Bonchev–Trinajstić information content (AvgIpc) is 3.07. The highest BCUT2D eigenvalue weighted by molar-refractivity contribution is 5.76. The van der Waals surface area contributed by atoms with Gasteiger partial charge in [-0.1, -0.05) is 35.9 Å². The number of methoxy groups -OCH3 is 1. The monoisotopic (exact) mass is 372 g/mol. The standard InChI is InChI=1S/C24H24N2O2/c1-17-8-9-18(2)19(14-17)15-26-23-7-5-4-6-22(23)25-24(26)16-28-21-12-10-20(27-3)11-13-21/h4-14H,15-16H2,1-3H3. The van der Waals surface area contributed by atoms with Crippen LogP contribution in [0.3, 0.4) is 0 Å². The van der Waals surface area contributed by atoms with Crippen LogP contribution in [-0.4, -0.2) is 16.7 Å². The lowest BCUT2D eigenvalue weighted by atomic mass is 10.1. The van der Waals surface area contributed by atoms with Crippen LogP contribution >= 0.6 is 0 Å². The van der Waals surface area contributed by atoms with Gasteiger partial charge in [0.15, 0.2) is 0 Å². The molecule has 142 valence electrons. The molecule has 0 fully saturated rings. The molecule has 0 atom stereocenters. The Hall–Kier alpha value is -3.27. The maximum Gasteiger partial charge on any atom is 0.148 e. The fraction of sp³-hybridized carbons (Fsp3) is 0.208. The molecular formula is C24H24N2O2. The summed E-state index contributed by atoms with van der Waals surface area (Å²) in [6.07, 6.45) is 0. The van der Waals surface area contributed by atoms with Gasteiger partial charge < -0.3 is 14.0 Å². The first-order valence-corrected chi connectivity index (χ1v) is 9.41. The molecule has 4 heteroatoms. The molecule has 0 aliphatic heterocycles. The van der Waals surface area contributed by atoms with Gasteiger partial charge in [-0.05, 0) is 61.4 Å². The number of nitrogens with zero attached hydrogens (tertiary/aromatic N) is 2. The number of aromatic nitrogens is 2. The third-order valence-electron chi connectivity index (χ3n) is 4.99. The highest BCUT2D eigenvalue weighted by Crippen LogP contribution is 2.22. The van der Waals surface area contributed by atoms with E-state index in [9.17, 15) is 0 Å². The van der Waals surface area contributed by atoms with E-state index in [1.54, 1.807) is 7.11 Å². The summed E-state index contributed by atoms with van der Waals surface area (Å²) in [4.78, 5) is 4.82. The first-order valence-electron chi connectivity index (χ1n) is 9.41. The van der Waals surface area contributed by atoms with Crippen LogP contribution in [-0.2, 0) is 13.2 Å². The first kappa shape index (κ1) is 18.1. The van der Waals surface area contributed by atoms with Gasteiger partial charge in [-0.3, -0.25) is 0 Å². The molecule has 28 heavy (non-hydrogen) atoms. The van der Waals surface area contributed by atoms with Crippen molar-refractivity contribution < 1.29 is 9.47 Å². The van der Waals surface area contributed by atoms with E-state index < -0.39 is 0 Å². The number of para-hydroxylation sites is 2. The minimum absolute atomic E-state index is 0.409. The van der Waals surface area contributed by atoms with Gasteiger partial charge in [0.05, 0.1) is 18.1 Å². The molecule has 0 radical (unpaired) electrons. The molecule has 4 nitrogen and oxygen atoms in total. The molecule has 0 aliphatic rings. The van der Waals surface area contributed by atoms with Crippen molar-refractivity contribution in [3.05, 3.63) is 89.2 Å². The lowest BCUT2D eigenvalue weighted by molar-refractivity contribution is 0.290. The zero-order valence-electron chi connectivity index (χ0n) is 16.5. The van der Waals surface area contributed by atoms with Gasteiger partial charge in [-0.2, -0.15) is 0 Å². The highest BCUT2D eigenvalue weighted by Gasteiger charge is 2.13. The number of rotatable bonds is 6. The molecule has 3 aromatic carbocycles. The fourth-order valence-corrected chi connectivity index (χ4v) is 3.37. The van der Waals surface area contributed by atoms with E-state index in [1.165, 1.54) is 16.7 Å². The van der Waals surface area contributed by atoms with Crippen LogP contribution < -0.4 is 9.47 Å². The van der Waals surface area contributed by atoms with Crippen LogP contribution in [0.15, 0.2) is 66.7 Å². The largest absolute Gasteiger partial charge is 0.497 e. The van der Waals surface area contributed by atoms with Gasteiger partial charge in [0.25, 0.3) is 0 Å². The predicted molar refractivity (Wildman–Crippen MR) is 112 cm³/mol. The molecule has 4 rings (SSSR count). The Balaban J connectivity index is 1.65. The number of imidazole rings is 1. The molecule has 0 saturated heterocycles. The van der Waals surface area contributed by atoms with Gasteiger partial charge in [0.1, 0.15) is 23.9 Å². The van der Waals surface area contributed by atoms with Crippen LogP contribution in [0, 0.1) is 13.8 Å². The van der Waals surface area contributed by atoms with E-state index in [0.29, 0.717) is 6.61 Å². The Morgan fingerprint density at radius 1 is 0.893 bits per heavy atom. The predicted octanol–water partition coefficient (Wildman–Crippen LogP) is 5.29. The molecule has 0 saturated carbocycles. The smallest absolute Gasteiger partial charge is 0.148 e. The molecule has 0 unspecified atom stereocenters. The van der Waals surface area contributed by atoms with Crippen LogP contribution in [0.1, 0.15) is 22.5 Å². The summed E-state index contributed by atoms with van der Waals surface area (Å²) in [5.74, 6) is 2.53. The Kier molecular flexibility index (Phi) is 5.02. The third kappa shape index (κ3) is 3.72. The van der Waals surface area contributed by atoms with Gasteiger partial charge >= 0.3 is 0 Å². The Bertz CT molecular complexity index is 1100. The Morgan fingerprint density at radius 3 is 2.43 bits per heavy atom. The fourth-order valence-electron chi connectivity index (χ4n) is 3.37. The Labute approximate surface area is 165 Å². The van der Waals surface area contributed by atoms with Gasteiger partial charge in [-0.25, -0.2) is 4.98 Å². The van der Waals surface area contributed by atoms with Crippen molar-refractivity contribution in [2.45, 2.75) is 27.0 Å². The quantitative estimate of drug-likeness (QED) is 0.461. The van der Waals surface area contributed by atoms with Gasteiger partial charge in [0, 0.05) is 6.54 Å². The number of aryl methyl sites for hydroxylation is 2. The topological polar surface area (TPSA) is 36.3 Å². The summed E-state index contributed by atoms with van der Waals surface area (Å²) in [5, 5.41) is 0. The second kappa shape index (κ2) is 7.77. The minimum atomic E-state index is 0.409. The van der Waals surface area contributed by atoms with Crippen molar-refractivity contribution in [1.29, 1.82) is 0 Å². The zero-order valence-corrected chi connectivity index (χ0v) is 16.5. The Morgan fingerprint density at radius 2 is 1.64 bits per heavy atom. The third-order valence-corrected chi connectivity index (χ3v) is 4.99. The SMILES string of the molecule is COc1ccc(OCc2nc3ccccc3n2Cc2cc(C)ccc2C)cc1. The lowest BCUT2D eigenvalue weighted by Crippen LogP contribution is -2.09. The zero-order chi connectivity index (χ0) is 19.5. The first-order chi connectivity index (χ1) is 13.6. The number of hydrogen-bond donors (Lipinski definition) is 0. The summed E-state index contributed by atoms with van der Waals surface area (Å²) < 4.78 is 13.5. The second-order valence-electron chi connectivity index (χ2n) is 7.00. The van der Waals surface area contributed by atoms with Crippen molar-refractivity contribution in [1.82, 2.24) is 9.55 Å². The van der Waals surface area contributed by atoms with E-state index in [0.717, 1.165) is 34.9 Å². The molecule has 0 bridgehead atoms. The summed E-state index contributed by atoms with van der Waals surface area (Å²) in [6, 6.07) is 22.4. The van der Waals surface area contributed by atoms with Crippen molar-refractivity contribution in [3.63, 3.8) is 0 Å². The number of fused-ring (bicyclic) bond motifs is 1. The number of hydrogen-bond acceptors (Lipinski definition) is 3. The lowest BCUT2D eigenvalue weighted by Gasteiger charge is -2.13. The van der Waals surface area contributed by atoms with Crippen LogP contribution in [0.25, 0.3) is 11.0 Å². The average molecular weight is 372 g/mol. The van der Waals surface area contributed by atoms with E-state index in [1.807, 2.05) is 36.4 Å². The summed E-state index contributed by atoms with van der Waals surface area (Å²) in [5.41, 5.74) is 5.96. The van der Waals surface area contributed by atoms with Gasteiger partial charge in [-0.15, -0.1) is 0 Å². The maximum absolute atomic E-state index is 6.01. The number of ether oxygens (including phenoxy) is 2. The van der Waals surface area contributed by atoms with Crippen LogP contribution in [0.4, 0.5) is 0 Å². The molecule has 0 spiro atoms. The highest BCUT2D eigenvalue weighted by atomic mass is 16.5. The molecule has 4 aromatic rings. The van der Waals surface area contributed by atoms with E-state index in [4.69, 9.17) is 14.5 Å². The maximum atomic E-state index is 6.01. The van der Waals surface area contributed by atoms with Crippen molar-refractivity contribution in [2.75, 3.05) is 7.11 Å². The number of benzene rings is 3. The van der Waals surface area contributed by atoms with Crippen molar-refractivity contribution in [3.8, 4) is 11.5 Å². The van der Waals surface area contributed by atoms with Gasteiger partial charge in [0.2, 0.25) is 0 Å². The molecular weight excluding hydrogens is 348 g/mol. The van der Waals surface area contributed by atoms with E-state index >= 15 is 0 Å². The summed E-state index contributed by atoms with van der Waals surface area (Å²) in [6.45, 7) is 5.46. The van der Waals surface area contributed by atoms with E-state index in [2.05, 4.69) is 48.7 Å². The van der Waals surface area contributed by atoms with E-state index in [-0.39, 0.29) is 0 Å².